The van der Waals surface area contributed by atoms with Crippen molar-refractivity contribution in [3.8, 4) is 0 Å². The number of anilines is 1. The van der Waals surface area contributed by atoms with E-state index in [9.17, 15) is 17.6 Å². The van der Waals surface area contributed by atoms with Crippen LogP contribution < -0.4 is 4.72 Å². The molecular formula is C21H17Cl2FN2O3S. The summed E-state index contributed by atoms with van der Waals surface area (Å²) in [5.41, 5.74) is 1.15. The topological polar surface area (TPSA) is 66.5 Å². The lowest BCUT2D eigenvalue weighted by Crippen LogP contribution is -2.26. The van der Waals surface area contributed by atoms with E-state index in [0.29, 0.717) is 11.6 Å². The Bertz CT molecular complexity index is 1190. The van der Waals surface area contributed by atoms with Crippen LogP contribution in [0.4, 0.5) is 10.1 Å². The van der Waals surface area contributed by atoms with Crippen molar-refractivity contribution in [1.29, 1.82) is 0 Å². The third-order valence-corrected chi connectivity index (χ3v) is 6.18. The van der Waals surface area contributed by atoms with Crippen molar-refractivity contribution in [3.05, 3.63) is 93.7 Å². The second-order valence-electron chi connectivity index (χ2n) is 6.55. The minimum absolute atomic E-state index is 0.0444. The van der Waals surface area contributed by atoms with Gasteiger partial charge in [-0.15, -0.1) is 0 Å². The lowest BCUT2D eigenvalue weighted by molar-refractivity contribution is 0.0785. The summed E-state index contributed by atoms with van der Waals surface area (Å²) < 4.78 is 40.5. The molecule has 0 aliphatic carbocycles. The fourth-order valence-electron chi connectivity index (χ4n) is 2.76. The Labute approximate surface area is 184 Å². The maximum atomic E-state index is 13.1. The smallest absolute Gasteiger partial charge is 0.261 e. The predicted molar refractivity (Wildman–Crippen MR) is 116 cm³/mol. The highest BCUT2D eigenvalue weighted by Gasteiger charge is 2.19. The second kappa shape index (κ2) is 9.04. The van der Waals surface area contributed by atoms with Gasteiger partial charge in [-0.25, -0.2) is 12.8 Å². The first-order valence-corrected chi connectivity index (χ1v) is 11.0. The van der Waals surface area contributed by atoms with Crippen LogP contribution in [0.15, 0.2) is 71.6 Å². The number of hydrogen-bond acceptors (Lipinski definition) is 3. The quantitative estimate of drug-likeness (QED) is 0.542. The molecular weight excluding hydrogens is 450 g/mol. The molecule has 0 aromatic heterocycles. The van der Waals surface area contributed by atoms with Crippen LogP contribution in [0.25, 0.3) is 0 Å². The maximum Gasteiger partial charge on any atom is 0.261 e. The van der Waals surface area contributed by atoms with Gasteiger partial charge in [-0.3, -0.25) is 9.52 Å². The third kappa shape index (κ3) is 5.30. The Balaban J connectivity index is 1.82. The van der Waals surface area contributed by atoms with Crippen molar-refractivity contribution in [2.24, 2.45) is 0 Å². The lowest BCUT2D eigenvalue weighted by Gasteiger charge is -2.18. The summed E-state index contributed by atoms with van der Waals surface area (Å²) in [5.74, 6) is -0.879. The summed E-state index contributed by atoms with van der Waals surface area (Å²) >= 11 is 12.1. The van der Waals surface area contributed by atoms with Gasteiger partial charge in [0.2, 0.25) is 0 Å². The molecule has 5 nitrogen and oxygen atoms in total. The number of sulfonamides is 1. The summed E-state index contributed by atoms with van der Waals surface area (Å²) in [6.45, 7) is 0.318. The van der Waals surface area contributed by atoms with Gasteiger partial charge < -0.3 is 4.90 Å². The Morgan fingerprint density at radius 2 is 1.73 bits per heavy atom. The molecule has 0 saturated heterocycles. The number of amides is 1. The van der Waals surface area contributed by atoms with Crippen LogP contribution in [0.2, 0.25) is 10.0 Å². The van der Waals surface area contributed by atoms with Gasteiger partial charge in [-0.1, -0.05) is 35.3 Å². The minimum atomic E-state index is -4.01. The van der Waals surface area contributed by atoms with Crippen LogP contribution in [0.5, 0.6) is 0 Å². The van der Waals surface area contributed by atoms with Crippen molar-refractivity contribution < 1.29 is 17.6 Å². The second-order valence-corrected chi connectivity index (χ2v) is 9.07. The standard InChI is InChI=1S/C21H17Cl2FN2O3S/c1-26(13-14-3-2-4-16(22)11-14)21(27)15-5-10-19(23)20(12-15)25-30(28,29)18-8-6-17(24)7-9-18/h2-12,25H,13H2,1H3. The van der Waals surface area contributed by atoms with E-state index in [4.69, 9.17) is 23.2 Å². The number of benzene rings is 3. The SMILES string of the molecule is CN(Cc1cccc(Cl)c1)C(=O)c1ccc(Cl)c(NS(=O)(=O)c2ccc(F)cc2)c1. The van der Waals surface area contributed by atoms with E-state index in [1.165, 1.54) is 23.1 Å². The van der Waals surface area contributed by atoms with E-state index in [1.54, 1.807) is 25.2 Å². The van der Waals surface area contributed by atoms with Crippen molar-refractivity contribution >= 4 is 44.8 Å². The zero-order chi connectivity index (χ0) is 21.9. The number of nitrogens with one attached hydrogen (secondary N) is 1. The molecule has 1 amide bonds. The molecule has 0 unspecified atom stereocenters. The highest BCUT2D eigenvalue weighted by molar-refractivity contribution is 7.92. The van der Waals surface area contributed by atoms with Gasteiger partial charge in [0.15, 0.2) is 0 Å². The van der Waals surface area contributed by atoms with Gasteiger partial charge >= 0.3 is 0 Å². The van der Waals surface area contributed by atoms with Gasteiger partial charge in [0.1, 0.15) is 5.82 Å². The van der Waals surface area contributed by atoms with Crippen molar-refractivity contribution in [1.82, 2.24) is 4.90 Å². The fourth-order valence-corrected chi connectivity index (χ4v) is 4.26. The number of carbonyl (C=O) groups is 1. The van der Waals surface area contributed by atoms with E-state index in [1.807, 2.05) is 6.07 Å². The summed E-state index contributed by atoms with van der Waals surface area (Å²) in [6, 6.07) is 15.8. The number of hydrogen-bond donors (Lipinski definition) is 1. The molecule has 0 radical (unpaired) electrons. The van der Waals surface area contributed by atoms with Crippen molar-refractivity contribution in [2.75, 3.05) is 11.8 Å². The first-order chi connectivity index (χ1) is 14.2. The molecule has 0 bridgehead atoms. The Kier molecular flexibility index (Phi) is 6.65. The van der Waals surface area contributed by atoms with Crippen LogP contribution in [0, 0.1) is 5.82 Å². The first kappa shape index (κ1) is 22.1. The Morgan fingerprint density at radius 3 is 2.40 bits per heavy atom. The number of halogens is 3. The molecule has 1 N–H and O–H groups in total. The molecule has 0 aliphatic heterocycles. The molecule has 0 atom stereocenters. The van der Waals surface area contributed by atoms with Crippen LogP contribution in [0.1, 0.15) is 15.9 Å². The van der Waals surface area contributed by atoms with E-state index >= 15 is 0 Å². The number of nitrogens with zero attached hydrogens (tertiary/aromatic N) is 1. The molecule has 156 valence electrons. The highest BCUT2D eigenvalue weighted by atomic mass is 35.5. The zero-order valence-electron chi connectivity index (χ0n) is 15.8. The molecule has 0 heterocycles. The van der Waals surface area contributed by atoms with E-state index in [-0.39, 0.29) is 27.1 Å². The Morgan fingerprint density at radius 1 is 1.03 bits per heavy atom. The number of carbonyl (C=O) groups excluding carboxylic acids is 1. The largest absolute Gasteiger partial charge is 0.337 e. The maximum absolute atomic E-state index is 13.1. The van der Waals surface area contributed by atoms with Crippen molar-refractivity contribution in [3.63, 3.8) is 0 Å². The highest BCUT2D eigenvalue weighted by Crippen LogP contribution is 2.27. The van der Waals surface area contributed by atoms with Crippen LogP contribution in [-0.2, 0) is 16.6 Å². The molecule has 9 heteroatoms. The fraction of sp³-hybridized carbons (Fsp3) is 0.0952. The van der Waals surface area contributed by atoms with E-state index in [2.05, 4.69) is 4.72 Å². The molecule has 3 aromatic rings. The molecule has 3 aromatic carbocycles. The van der Waals surface area contributed by atoms with Crippen LogP contribution in [-0.4, -0.2) is 26.3 Å². The molecule has 0 saturated carbocycles. The van der Waals surface area contributed by atoms with Gasteiger partial charge in [-0.2, -0.15) is 0 Å². The van der Waals surface area contributed by atoms with Gasteiger partial charge in [0.25, 0.3) is 15.9 Å². The molecule has 3 rings (SSSR count). The molecule has 0 spiro atoms. The van der Waals surface area contributed by atoms with E-state index in [0.717, 1.165) is 29.8 Å². The monoisotopic (exact) mass is 466 g/mol. The summed E-state index contributed by atoms with van der Waals surface area (Å²) in [5, 5.41) is 0.687. The Hall–Kier alpha value is -2.61. The van der Waals surface area contributed by atoms with Crippen LogP contribution in [0.3, 0.4) is 0 Å². The summed E-state index contributed by atoms with van der Waals surface area (Å²) in [6.07, 6.45) is 0. The summed E-state index contributed by atoms with van der Waals surface area (Å²) in [7, 11) is -2.38. The number of rotatable bonds is 6. The normalized spacial score (nSPS) is 11.2. The molecule has 0 fully saturated rings. The first-order valence-electron chi connectivity index (χ1n) is 8.73. The average molecular weight is 467 g/mol. The van der Waals surface area contributed by atoms with Gasteiger partial charge in [-0.05, 0) is 60.2 Å². The van der Waals surface area contributed by atoms with Gasteiger partial charge in [0.05, 0.1) is 15.6 Å². The lowest BCUT2D eigenvalue weighted by atomic mass is 10.1. The van der Waals surface area contributed by atoms with Gasteiger partial charge in [0, 0.05) is 24.2 Å². The predicted octanol–water partition coefficient (Wildman–Crippen LogP) is 5.21. The third-order valence-electron chi connectivity index (χ3n) is 4.24. The minimum Gasteiger partial charge on any atom is -0.337 e. The van der Waals surface area contributed by atoms with Crippen molar-refractivity contribution in [2.45, 2.75) is 11.4 Å². The summed E-state index contributed by atoms with van der Waals surface area (Å²) in [4.78, 5) is 14.2. The average Bonchev–Trinajstić information content (AvgIpc) is 2.69. The van der Waals surface area contributed by atoms with E-state index < -0.39 is 15.8 Å². The zero-order valence-corrected chi connectivity index (χ0v) is 18.1. The van der Waals surface area contributed by atoms with Crippen LogP contribution >= 0.6 is 23.2 Å². The molecule has 0 aliphatic rings. The molecule has 30 heavy (non-hydrogen) atoms.